The van der Waals surface area contributed by atoms with Crippen LogP contribution in [0.25, 0.3) is 0 Å². The fourth-order valence-electron chi connectivity index (χ4n) is 3.16. The topological polar surface area (TPSA) is 29.5 Å². The predicted octanol–water partition coefficient (Wildman–Crippen LogP) is 4.31. The van der Waals surface area contributed by atoms with E-state index in [9.17, 15) is 4.79 Å². The van der Waals surface area contributed by atoms with E-state index >= 15 is 0 Å². The van der Waals surface area contributed by atoms with E-state index < -0.39 is 5.60 Å². The van der Waals surface area contributed by atoms with E-state index in [4.69, 9.17) is 27.9 Å². The molecule has 0 saturated carbocycles. The average Bonchev–Trinajstić information content (AvgIpc) is 2.59. The lowest BCUT2D eigenvalue weighted by Gasteiger charge is -2.42. The molecule has 0 aliphatic carbocycles. The van der Waals surface area contributed by atoms with Crippen LogP contribution in [0.1, 0.15) is 17.5 Å². The van der Waals surface area contributed by atoms with Gasteiger partial charge in [0.2, 0.25) is 0 Å². The minimum Gasteiger partial charge on any atom is -0.367 e. The van der Waals surface area contributed by atoms with Crippen molar-refractivity contribution in [2.24, 2.45) is 0 Å². The first-order valence-electron chi connectivity index (χ1n) is 7.92. The first-order chi connectivity index (χ1) is 11.6. The molecule has 1 aliphatic heterocycles. The third-order valence-corrected chi connectivity index (χ3v) is 5.11. The van der Waals surface area contributed by atoms with Gasteiger partial charge in [0, 0.05) is 26.1 Å². The summed E-state index contributed by atoms with van der Waals surface area (Å²) in [5.74, 6) is 0. The van der Waals surface area contributed by atoms with Gasteiger partial charge in [0.1, 0.15) is 11.9 Å². The molecule has 3 nitrogen and oxygen atoms in total. The van der Waals surface area contributed by atoms with Crippen LogP contribution in [0.15, 0.2) is 48.5 Å². The number of carbonyl (C=O) groups excluding carboxylic acids is 1. The Morgan fingerprint density at radius 2 is 1.92 bits per heavy atom. The maximum atomic E-state index is 11.3. The van der Waals surface area contributed by atoms with E-state index in [1.54, 1.807) is 12.1 Å². The Bertz CT molecular complexity index is 708. The van der Waals surface area contributed by atoms with Gasteiger partial charge in [0.15, 0.2) is 0 Å². The predicted molar refractivity (Wildman–Crippen MR) is 96.5 cm³/mol. The number of morpholine rings is 1. The summed E-state index contributed by atoms with van der Waals surface area (Å²) in [5, 5.41) is 0.974. The summed E-state index contributed by atoms with van der Waals surface area (Å²) in [6.45, 7) is 2.86. The van der Waals surface area contributed by atoms with Gasteiger partial charge in [-0.05, 0) is 23.3 Å². The largest absolute Gasteiger partial charge is 0.367 e. The van der Waals surface area contributed by atoms with Crippen LogP contribution in [-0.2, 0) is 21.7 Å². The Balaban J connectivity index is 1.86. The van der Waals surface area contributed by atoms with Crippen LogP contribution in [0.4, 0.5) is 0 Å². The summed E-state index contributed by atoms with van der Waals surface area (Å²) in [4.78, 5) is 13.6. The number of rotatable bonds is 5. The molecule has 1 aliphatic rings. The van der Waals surface area contributed by atoms with Crippen LogP contribution in [0.5, 0.6) is 0 Å². The second kappa shape index (κ2) is 7.66. The van der Waals surface area contributed by atoms with Crippen molar-refractivity contribution in [1.82, 2.24) is 4.90 Å². The molecular weight excluding hydrogens is 345 g/mol. The standard InChI is InChI=1S/C19H19Cl2NO2/c20-17-7-6-16(12-18(17)21)19(8-10-23)14-22(9-11-24-19)13-15-4-2-1-3-5-15/h1-7,10,12H,8-9,11,13-14H2/t19-/m0/s1. The van der Waals surface area contributed by atoms with Crippen molar-refractivity contribution in [2.45, 2.75) is 18.6 Å². The van der Waals surface area contributed by atoms with Crippen molar-refractivity contribution in [3.05, 3.63) is 69.7 Å². The molecule has 0 bridgehead atoms. The number of halogens is 2. The highest BCUT2D eigenvalue weighted by atomic mass is 35.5. The number of benzene rings is 2. The van der Waals surface area contributed by atoms with Gasteiger partial charge in [-0.25, -0.2) is 0 Å². The van der Waals surface area contributed by atoms with Gasteiger partial charge in [-0.1, -0.05) is 59.6 Å². The molecule has 0 spiro atoms. The van der Waals surface area contributed by atoms with Gasteiger partial charge >= 0.3 is 0 Å². The smallest absolute Gasteiger partial charge is 0.123 e. The zero-order valence-electron chi connectivity index (χ0n) is 13.3. The number of ether oxygens (including phenoxy) is 1. The summed E-state index contributed by atoms with van der Waals surface area (Å²) in [7, 11) is 0. The van der Waals surface area contributed by atoms with Gasteiger partial charge < -0.3 is 9.53 Å². The molecule has 1 fully saturated rings. The molecule has 2 aromatic rings. The first kappa shape index (κ1) is 17.4. The number of aldehydes is 1. The van der Waals surface area contributed by atoms with Gasteiger partial charge in [-0.2, -0.15) is 0 Å². The molecule has 3 rings (SSSR count). The highest BCUT2D eigenvalue weighted by Gasteiger charge is 2.38. The number of carbonyl (C=O) groups is 1. The lowest BCUT2D eigenvalue weighted by molar-refractivity contribution is -0.134. The summed E-state index contributed by atoms with van der Waals surface area (Å²) in [6.07, 6.45) is 1.20. The average molecular weight is 364 g/mol. The molecule has 0 N–H and O–H groups in total. The van der Waals surface area contributed by atoms with Gasteiger partial charge in [0.25, 0.3) is 0 Å². The summed E-state index contributed by atoms with van der Waals surface area (Å²) in [5.41, 5.74) is 1.46. The molecule has 24 heavy (non-hydrogen) atoms. The van der Waals surface area contributed by atoms with Crippen molar-refractivity contribution < 1.29 is 9.53 Å². The molecule has 0 amide bonds. The Morgan fingerprint density at radius 3 is 2.62 bits per heavy atom. The Kier molecular flexibility index (Phi) is 5.57. The van der Waals surface area contributed by atoms with Gasteiger partial charge in [-0.3, -0.25) is 4.90 Å². The molecule has 0 aromatic heterocycles. The van der Waals surface area contributed by atoms with Crippen LogP contribution in [-0.4, -0.2) is 30.9 Å². The van der Waals surface area contributed by atoms with Gasteiger partial charge in [0.05, 0.1) is 16.7 Å². The van der Waals surface area contributed by atoms with E-state index in [-0.39, 0.29) is 6.42 Å². The van der Waals surface area contributed by atoms with Crippen LogP contribution >= 0.6 is 23.2 Å². The number of hydrogen-bond donors (Lipinski definition) is 0. The minimum absolute atomic E-state index is 0.288. The monoisotopic (exact) mass is 363 g/mol. The lowest BCUT2D eigenvalue weighted by atomic mass is 9.88. The summed E-state index contributed by atoms with van der Waals surface area (Å²) >= 11 is 12.2. The van der Waals surface area contributed by atoms with Gasteiger partial charge in [-0.15, -0.1) is 0 Å². The second-order valence-electron chi connectivity index (χ2n) is 6.04. The van der Waals surface area contributed by atoms with E-state index in [0.29, 0.717) is 23.2 Å². The zero-order chi connectivity index (χ0) is 17.0. The summed E-state index contributed by atoms with van der Waals surface area (Å²) < 4.78 is 6.08. The van der Waals surface area contributed by atoms with Crippen molar-refractivity contribution >= 4 is 29.5 Å². The van der Waals surface area contributed by atoms with Crippen molar-refractivity contribution in [3.8, 4) is 0 Å². The van der Waals surface area contributed by atoms with E-state index in [2.05, 4.69) is 17.0 Å². The molecule has 5 heteroatoms. The SMILES string of the molecule is O=CC[C@@]1(c2ccc(Cl)c(Cl)c2)CN(Cc2ccccc2)CCO1. The fourth-order valence-corrected chi connectivity index (χ4v) is 3.46. The van der Waals surface area contributed by atoms with Crippen LogP contribution in [0, 0.1) is 0 Å². The Labute approximate surface area is 152 Å². The molecule has 1 saturated heterocycles. The number of nitrogens with zero attached hydrogens (tertiary/aromatic N) is 1. The minimum atomic E-state index is -0.678. The molecule has 1 heterocycles. The second-order valence-corrected chi connectivity index (χ2v) is 6.85. The first-order valence-corrected chi connectivity index (χ1v) is 8.68. The Morgan fingerprint density at radius 1 is 1.12 bits per heavy atom. The lowest BCUT2D eigenvalue weighted by Crippen LogP contribution is -2.49. The fraction of sp³-hybridized carbons (Fsp3) is 0.316. The van der Waals surface area contributed by atoms with Crippen LogP contribution in [0.3, 0.4) is 0 Å². The maximum absolute atomic E-state index is 11.3. The zero-order valence-corrected chi connectivity index (χ0v) is 14.8. The molecule has 2 aromatic carbocycles. The third kappa shape index (κ3) is 3.81. The molecule has 0 unspecified atom stereocenters. The normalized spacial score (nSPS) is 21.6. The third-order valence-electron chi connectivity index (χ3n) is 4.37. The van der Waals surface area contributed by atoms with Crippen molar-refractivity contribution in [3.63, 3.8) is 0 Å². The molecule has 0 radical (unpaired) electrons. The van der Waals surface area contributed by atoms with E-state index in [1.165, 1.54) is 5.56 Å². The van der Waals surface area contributed by atoms with Crippen LogP contribution in [0.2, 0.25) is 10.0 Å². The molecular formula is C19H19Cl2NO2. The molecule has 126 valence electrons. The quantitative estimate of drug-likeness (QED) is 0.741. The van der Waals surface area contributed by atoms with Crippen molar-refractivity contribution in [2.75, 3.05) is 19.7 Å². The van der Waals surface area contributed by atoms with E-state index in [0.717, 1.165) is 24.9 Å². The summed E-state index contributed by atoms with van der Waals surface area (Å²) in [6, 6.07) is 15.7. The highest BCUT2D eigenvalue weighted by molar-refractivity contribution is 6.42. The van der Waals surface area contributed by atoms with Crippen molar-refractivity contribution in [1.29, 1.82) is 0 Å². The van der Waals surface area contributed by atoms with Crippen LogP contribution < -0.4 is 0 Å². The highest BCUT2D eigenvalue weighted by Crippen LogP contribution is 2.36. The number of hydrogen-bond acceptors (Lipinski definition) is 3. The van der Waals surface area contributed by atoms with E-state index in [1.807, 2.05) is 24.3 Å². The molecule has 1 atom stereocenters. The maximum Gasteiger partial charge on any atom is 0.123 e. The Hall–Kier alpha value is -1.39.